The Bertz CT molecular complexity index is 530. The van der Waals surface area contributed by atoms with Gasteiger partial charge in [0.05, 0.1) is 8.95 Å². The molecule has 0 heterocycles. The van der Waals surface area contributed by atoms with Crippen LogP contribution in [0, 0.1) is 0 Å². The number of halogens is 3. The summed E-state index contributed by atoms with van der Waals surface area (Å²) in [5.74, 6) is 0.442. The van der Waals surface area contributed by atoms with Crippen molar-refractivity contribution in [3.05, 3.63) is 19.5 Å². The minimum atomic E-state index is -0.552. The highest BCUT2D eigenvalue weighted by atomic mass is 79.9. The lowest BCUT2D eigenvalue weighted by Crippen LogP contribution is -2.26. The van der Waals surface area contributed by atoms with Crippen LogP contribution in [0.2, 0.25) is 0 Å². The standard InChI is InChI=1S/C12H13Br3N2O4/c1-16(2)11(18)20-9-6(13)5-7(14)10(8(9)15)21-12(19)17(3)4/h5H,1-4H3. The molecule has 0 atom stereocenters. The molecular formula is C12H13Br3N2O4. The SMILES string of the molecule is CN(C)C(=O)Oc1c(Br)cc(Br)c(OC(=O)N(C)C)c1Br. The molecule has 0 spiro atoms. The highest BCUT2D eigenvalue weighted by molar-refractivity contribution is 9.11. The van der Waals surface area contributed by atoms with Gasteiger partial charge in [-0.1, -0.05) is 0 Å². The zero-order valence-electron chi connectivity index (χ0n) is 11.7. The van der Waals surface area contributed by atoms with E-state index < -0.39 is 12.2 Å². The molecule has 0 saturated heterocycles. The lowest BCUT2D eigenvalue weighted by atomic mass is 10.3. The fourth-order valence-corrected chi connectivity index (χ4v) is 3.54. The fourth-order valence-electron chi connectivity index (χ4n) is 1.10. The summed E-state index contributed by atoms with van der Waals surface area (Å²) in [6.45, 7) is 0. The molecule has 9 heteroatoms. The normalized spacial score (nSPS) is 10.0. The Labute approximate surface area is 147 Å². The van der Waals surface area contributed by atoms with Crippen molar-refractivity contribution in [2.45, 2.75) is 0 Å². The fraction of sp³-hybridized carbons (Fsp3) is 0.333. The van der Waals surface area contributed by atoms with Gasteiger partial charge in [-0.2, -0.15) is 0 Å². The zero-order chi connectivity index (χ0) is 16.3. The first-order chi connectivity index (χ1) is 9.65. The molecule has 6 nitrogen and oxygen atoms in total. The van der Waals surface area contributed by atoms with E-state index in [4.69, 9.17) is 9.47 Å². The van der Waals surface area contributed by atoms with Crippen LogP contribution in [0.15, 0.2) is 19.5 Å². The summed E-state index contributed by atoms with van der Waals surface area (Å²) in [5, 5.41) is 0. The van der Waals surface area contributed by atoms with E-state index in [2.05, 4.69) is 47.8 Å². The van der Waals surface area contributed by atoms with E-state index in [1.54, 1.807) is 34.3 Å². The van der Waals surface area contributed by atoms with Gasteiger partial charge in [-0.05, 0) is 53.9 Å². The summed E-state index contributed by atoms with van der Waals surface area (Å²) >= 11 is 9.88. The molecule has 116 valence electrons. The topological polar surface area (TPSA) is 59.1 Å². The van der Waals surface area contributed by atoms with Crippen LogP contribution in [-0.2, 0) is 0 Å². The summed E-state index contributed by atoms with van der Waals surface area (Å²) in [4.78, 5) is 25.9. The van der Waals surface area contributed by atoms with Crippen LogP contribution in [0.4, 0.5) is 9.59 Å². The molecule has 0 aliphatic heterocycles. The molecule has 2 amide bonds. The van der Waals surface area contributed by atoms with Crippen LogP contribution in [0.25, 0.3) is 0 Å². The van der Waals surface area contributed by atoms with Crippen molar-refractivity contribution in [3.8, 4) is 11.5 Å². The number of hydrogen-bond donors (Lipinski definition) is 0. The number of carbonyl (C=O) groups is 2. The molecule has 0 bridgehead atoms. The highest BCUT2D eigenvalue weighted by Crippen LogP contribution is 2.45. The molecule has 0 saturated carbocycles. The molecule has 1 aromatic rings. The smallest absolute Gasteiger partial charge is 0.408 e. The van der Waals surface area contributed by atoms with E-state index >= 15 is 0 Å². The van der Waals surface area contributed by atoms with Crippen LogP contribution < -0.4 is 9.47 Å². The van der Waals surface area contributed by atoms with Crippen molar-refractivity contribution in [2.75, 3.05) is 28.2 Å². The minimum absolute atomic E-state index is 0.221. The number of benzene rings is 1. The first-order valence-corrected chi connectivity index (χ1v) is 7.98. The van der Waals surface area contributed by atoms with Gasteiger partial charge in [0.25, 0.3) is 0 Å². The summed E-state index contributed by atoms with van der Waals surface area (Å²) < 4.78 is 11.9. The third-order valence-corrected chi connectivity index (χ3v) is 4.09. The maximum Gasteiger partial charge on any atom is 0.414 e. The first kappa shape index (κ1) is 18.2. The van der Waals surface area contributed by atoms with E-state index in [1.165, 1.54) is 9.80 Å². The maximum atomic E-state index is 11.7. The van der Waals surface area contributed by atoms with Gasteiger partial charge in [0.1, 0.15) is 4.47 Å². The Hall–Kier alpha value is -0.800. The van der Waals surface area contributed by atoms with E-state index in [0.717, 1.165) is 0 Å². The Kier molecular flexibility index (Phi) is 6.48. The van der Waals surface area contributed by atoms with Gasteiger partial charge in [-0.15, -0.1) is 0 Å². The molecule has 0 radical (unpaired) electrons. The zero-order valence-corrected chi connectivity index (χ0v) is 16.5. The predicted octanol–water partition coefficient (Wildman–Crippen LogP) is 4.09. The van der Waals surface area contributed by atoms with Gasteiger partial charge in [-0.25, -0.2) is 9.59 Å². The first-order valence-electron chi connectivity index (χ1n) is 5.61. The number of nitrogens with zero attached hydrogens (tertiary/aromatic N) is 2. The lowest BCUT2D eigenvalue weighted by molar-refractivity contribution is 0.169. The minimum Gasteiger partial charge on any atom is -0.408 e. The molecular weight excluding hydrogens is 476 g/mol. The number of carbonyl (C=O) groups excluding carboxylic acids is 2. The Morgan fingerprint density at radius 2 is 1.19 bits per heavy atom. The van der Waals surface area contributed by atoms with Crippen molar-refractivity contribution in [2.24, 2.45) is 0 Å². The highest BCUT2D eigenvalue weighted by Gasteiger charge is 2.22. The predicted molar refractivity (Wildman–Crippen MR) is 89.0 cm³/mol. The molecule has 1 aromatic carbocycles. The summed E-state index contributed by atoms with van der Waals surface area (Å²) in [6, 6.07) is 1.63. The largest absolute Gasteiger partial charge is 0.414 e. The Morgan fingerprint density at radius 1 is 0.857 bits per heavy atom. The third-order valence-electron chi connectivity index (χ3n) is 2.20. The van der Waals surface area contributed by atoms with Crippen molar-refractivity contribution in [3.63, 3.8) is 0 Å². The van der Waals surface area contributed by atoms with Crippen molar-refractivity contribution in [1.29, 1.82) is 0 Å². The van der Waals surface area contributed by atoms with E-state index in [0.29, 0.717) is 13.4 Å². The van der Waals surface area contributed by atoms with Crippen LogP contribution >= 0.6 is 47.8 Å². The average Bonchev–Trinajstić information content (AvgIpc) is 2.38. The number of amides is 2. The van der Waals surface area contributed by atoms with Gasteiger partial charge < -0.3 is 19.3 Å². The van der Waals surface area contributed by atoms with E-state index in [9.17, 15) is 9.59 Å². The van der Waals surface area contributed by atoms with Crippen LogP contribution in [-0.4, -0.2) is 50.2 Å². The molecule has 0 unspecified atom stereocenters. The molecule has 0 aliphatic carbocycles. The van der Waals surface area contributed by atoms with Crippen LogP contribution in [0.1, 0.15) is 0 Å². The second-order valence-corrected chi connectivity index (χ2v) is 6.84. The summed E-state index contributed by atoms with van der Waals surface area (Å²) in [5.41, 5.74) is 0. The second-order valence-electron chi connectivity index (χ2n) is 4.34. The lowest BCUT2D eigenvalue weighted by Gasteiger charge is -2.17. The number of ether oxygens (including phenoxy) is 2. The van der Waals surface area contributed by atoms with Gasteiger partial charge in [-0.3, -0.25) is 0 Å². The van der Waals surface area contributed by atoms with Gasteiger partial charge >= 0.3 is 12.2 Å². The molecule has 21 heavy (non-hydrogen) atoms. The van der Waals surface area contributed by atoms with Gasteiger partial charge in [0.15, 0.2) is 11.5 Å². The molecule has 0 aliphatic rings. The van der Waals surface area contributed by atoms with Crippen molar-refractivity contribution < 1.29 is 19.1 Å². The average molecular weight is 489 g/mol. The summed E-state index contributed by atoms with van der Waals surface area (Å²) in [7, 11) is 6.26. The number of hydrogen-bond acceptors (Lipinski definition) is 4. The van der Waals surface area contributed by atoms with Gasteiger partial charge in [0, 0.05) is 28.2 Å². The van der Waals surface area contributed by atoms with E-state index in [1.807, 2.05) is 0 Å². The van der Waals surface area contributed by atoms with Crippen LogP contribution in [0.5, 0.6) is 11.5 Å². The summed E-state index contributed by atoms with van der Waals surface area (Å²) in [6.07, 6.45) is -1.10. The Morgan fingerprint density at radius 3 is 1.48 bits per heavy atom. The molecule has 1 rings (SSSR count). The van der Waals surface area contributed by atoms with Crippen LogP contribution in [0.3, 0.4) is 0 Å². The second kappa shape index (κ2) is 7.46. The third kappa shape index (κ3) is 4.58. The van der Waals surface area contributed by atoms with Crippen molar-refractivity contribution >= 4 is 60.0 Å². The van der Waals surface area contributed by atoms with Gasteiger partial charge in [0.2, 0.25) is 0 Å². The molecule has 0 aromatic heterocycles. The van der Waals surface area contributed by atoms with E-state index in [-0.39, 0.29) is 11.5 Å². The monoisotopic (exact) mass is 486 g/mol. The molecule has 0 fully saturated rings. The molecule has 0 N–H and O–H groups in total. The number of rotatable bonds is 2. The Balaban J connectivity index is 3.22. The maximum absolute atomic E-state index is 11.7. The quantitative estimate of drug-likeness (QED) is 0.629. The van der Waals surface area contributed by atoms with Crippen molar-refractivity contribution in [1.82, 2.24) is 9.80 Å².